The van der Waals surface area contributed by atoms with Crippen LogP contribution in [0.1, 0.15) is 64.1 Å². The second-order valence-corrected chi connectivity index (χ2v) is 8.83. The summed E-state index contributed by atoms with van der Waals surface area (Å²) in [5.74, 6) is -0.147. The minimum absolute atomic E-state index is 0.0558. The number of nitrogens with one attached hydrogen (secondary N) is 1. The number of benzene rings is 1. The molecule has 4 heterocycles. The van der Waals surface area contributed by atoms with Gasteiger partial charge in [0.25, 0.3) is 11.8 Å². The summed E-state index contributed by atoms with van der Waals surface area (Å²) in [5.41, 5.74) is 3.24. The average molecular weight is 480 g/mol. The molecule has 1 fully saturated rings. The Morgan fingerprint density at radius 3 is 2.58 bits per heavy atom. The number of fused-ring (bicyclic) bond motifs is 1. The third kappa shape index (κ3) is 4.53. The summed E-state index contributed by atoms with van der Waals surface area (Å²) in [7, 11) is 0. The number of nitrogens with zero attached hydrogens (tertiary/aromatic N) is 6. The molecule has 1 aliphatic heterocycles. The van der Waals surface area contributed by atoms with Crippen LogP contribution in [0.15, 0.2) is 61.1 Å². The molecule has 0 aliphatic carbocycles. The molecule has 0 radical (unpaired) electrons. The highest BCUT2D eigenvalue weighted by Gasteiger charge is 2.24. The molecular formula is C27H25N7O2. The number of imidazole rings is 1. The Kier molecular flexibility index (Phi) is 6.41. The lowest BCUT2D eigenvalue weighted by Gasteiger charge is -2.26. The van der Waals surface area contributed by atoms with E-state index in [4.69, 9.17) is 0 Å². The first-order valence-electron chi connectivity index (χ1n) is 11.9. The van der Waals surface area contributed by atoms with Crippen LogP contribution in [0, 0.1) is 11.3 Å². The van der Waals surface area contributed by atoms with Gasteiger partial charge < -0.3 is 4.90 Å². The second kappa shape index (κ2) is 9.96. The Morgan fingerprint density at radius 1 is 1.06 bits per heavy atom. The molecule has 3 aromatic heterocycles. The summed E-state index contributed by atoms with van der Waals surface area (Å²) in [4.78, 5) is 41.4. The Bertz CT molecular complexity index is 1470. The fourth-order valence-electron chi connectivity index (χ4n) is 4.53. The smallest absolute Gasteiger partial charge is 0.258 e. The lowest BCUT2D eigenvalue weighted by molar-refractivity contribution is 0.0724. The van der Waals surface area contributed by atoms with E-state index in [1.54, 1.807) is 42.9 Å². The van der Waals surface area contributed by atoms with Crippen LogP contribution in [0.25, 0.3) is 11.2 Å². The van der Waals surface area contributed by atoms with Gasteiger partial charge in [-0.1, -0.05) is 6.07 Å². The monoisotopic (exact) mass is 479 g/mol. The minimum Gasteiger partial charge on any atom is -0.339 e. The number of amides is 2. The van der Waals surface area contributed by atoms with Crippen molar-refractivity contribution in [3.63, 3.8) is 0 Å². The Hall–Kier alpha value is -4.58. The predicted molar refractivity (Wildman–Crippen MR) is 134 cm³/mol. The van der Waals surface area contributed by atoms with Crippen molar-refractivity contribution in [2.45, 2.75) is 32.2 Å². The number of carbonyl (C=O) groups is 2. The van der Waals surface area contributed by atoms with Crippen LogP contribution in [0.2, 0.25) is 0 Å². The topological polar surface area (TPSA) is 117 Å². The molecule has 1 saturated heterocycles. The van der Waals surface area contributed by atoms with Gasteiger partial charge in [0.2, 0.25) is 5.95 Å². The number of nitriles is 1. The summed E-state index contributed by atoms with van der Waals surface area (Å²) in [6, 6.07) is 13.8. The maximum Gasteiger partial charge on any atom is 0.258 e. The van der Waals surface area contributed by atoms with Crippen molar-refractivity contribution in [1.29, 1.82) is 5.26 Å². The molecule has 0 saturated carbocycles. The summed E-state index contributed by atoms with van der Waals surface area (Å²) in [6.45, 7) is 3.47. The average Bonchev–Trinajstić information content (AvgIpc) is 3.30. The zero-order chi connectivity index (χ0) is 25.1. The molecule has 1 atom stereocenters. The zero-order valence-electron chi connectivity index (χ0n) is 19.9. The van der Waals surface area contributed by atoms with Crippen LogP contribution in [-0.4, -0.2) is 49.3 Å². The fourth-order valence-corrected chi connectivity index (χ4v) is 4.53. The number of rotatable bonds is 5. The molecule has 2 amide bonds. The fraction of sp³-hybridized carbons (Fsp3) is 0.259. The van der Waals surface area contributed by atoms with Gasteiger partial charge in [-0.05, 0) is 68.1 Å². The first-order valence-corrected chi connectivity index (χ1v) is 11.9. The molecule has 4 aromatic rings. The first kappa shape index (κ1) is 23.2. The third-order valence-corrected chi connectivity index (χ3v) is 6.48. The van der Waals surface area contributed by atoms with Gasteiger partial charge in [-0.2, -0.15) is 5.26 Å². The Labute approximate surface area is 208 Å². The van der Waals surface area contributed by atoms with E-state index in [0.717, 1.165) is 37.9 Å². The van der Waals surface area contributed by atoms with Gasteiger partial charge in [-0.3, -0.25) is 24.5 Å². The van der Waals surface area contributed by atoms with Crippen LogP contribution in [0.4, 0.5) is 5.95 Å². The highest BCUT2D eigenvalue weighted by molar-refractivity contribution is 6.04. The molecular weight excluding hydrogens is 454 g/mol. The lowest BCUT2D eigenvalue weighted by atomic mass is 10.1. The van der Waals surface area contributed by atoms with Gasteiger partial charge in [0.15, 0.2) is 5.65 Å². The van der Waals surface area contributed by atoms with Crippen molar-refractivity contribution in [2.24, 2.45) is 0 Å². The molecule has 0 bridgehead atoms. The molecule has 1 aromatic carbocycles. The molecule has 9 heteroatoms. The van der Waals surface area contributed by atoms with Crippen molar-refractivity contribution in [1.82, 2.24) is 24.4 Å². The number of hydrogen-bond acceptors (Lipinski definition) is 6. The number of hydrogen-bond donors (Lipinski definition) is 1. The standard InChI is InChI=1S/C27H25N7O2/c1-18(20-8-10-29-11-9-20)34-24-23(15-22(17-30-24)26(36)33-12-3-2-4-13-33)31-27(34)32-25(35)21-7-5-6-19(14-21)16-28/h5-11,14-15,17-18H,2-4,12-13H2,1H3,(H,31,32,35). The SMILES string of the molecule is CC(c1ccncc1)n1c(NC(=O)c2cccc(C#N)c2)nc2cc(C(=O)N3CCCCC3)cnc21. The molecule has 1 N–H and O–H groups in total. The number of aromatic nitrogens is 4. The van der Waals surface area contributed by atoms with Gasteiger partial charge in [-0.15, -0.1) is 0 Å². The first-order chi connectivity index (χ1) is 17.5. The van der Waals surface area contributed by atoms with E-state index >= 15 is 0 Å². The van der Waals surface area contributed by atoms with Crippen molar-refractivity contribution >= 4 is 28.9 Å². The summed E-state index contributed by atoms with van der Waals surface area (Å²) >= 11 is 0. The van der Waals surface area contributed by atoms with E-state index in [2.05, 4.69) is 20.3 Å². The highest BCUT2D eigenvalue weighted by Crippen LogP contribution is 2.28. The van der Waals surface area contributed by atoms with E-state index in [-0.39, 0.29) is 11.9 Å². The molecule has 1 aliphatic rings. The van der Waals surface area contributed by atoms with Crippen LogP contribution in [-0.2, 0) is 0 Å². The highest BCUT2D eigenvalue weighted by atomic mass is 16.2. The van der Waals surface area contributed by atoms with E-state index in [0.29, 0.717) is 33.8 Å². The van der Waals surface area contributed by atoms with Crippen molar-refractivity contribution in [3.8, 4) is 6.07 Å². The number of carbonyl (C=O) groups excluding carboxylic acids is 2. The maximum absolute atomic E-state index is 13.1. The van der Waals surface area contributed by atoms with Crippen molar-refractivity contribution in [2.75, 3.05) is 18.4 Å². The van der Waals surface area contributed by atoms with Gasteiger partial charge >= 0.3 is 0 Å². The summed E-state index contributed by atoms with van der Waals surface area (Å²) < 4.78 is 1.84. The van der Waals surface area contributed by atoms with E-state index in [1.165, 1.54) is 6.07 Å². The molecule has 0 spiro atoms. The van der Waals surface area contributed by atoms with Crippen LogP contribution < -0.4 is 5.32 Å². The number of anilines is 1. The summed E-state index contributed by atoms with van der Waals surface area (Å²) in [6.07, 6.45) is 8.14. The maximum atomic E-state index is 13.1. The molecule has 9 nitrogen and oxygen atoms in total. The lowest BCUT2D eigenvalue weighted by Crippen LogP contribution is -2.35. The number of pyridine rings is 2. The van der Waals surface area contributed by atoms with Gasteiger partial charge in [0.1, 0.15) is 5.52 Å². The number of likely N-dealkylation sites (tertiary alicyclic amines) is 1. The van der Waals surface area contributed by atoms with Gasteiger partial charge in [0, 0.05) is 37.2 Å². The van der Waals surface area contributed by atoms with Crippen molar-refractivity contribution < 1.29 is 9.59 Å². The zero-order valence-corrected chi connectivity index (χ0v) is 19.9. The normalized spacial score (nSPS) is 14.3. The van der Waals surface area contributed by atoms with Crippen LogP contribution in [0.3, 0.4) is 0 Å². The van der Waals surface area contributed by atoms with Crippen LogP contribution in [0.5, 0.6) is 0 Å². The largest absolute Gasteiger partial charge is 0.339 e. The Balaban J connectivity index is 1.55. The molecule has 180 valence electrons. The molecule has 5 rings (SSSR count). The predicted octanol–water partition coefficient (Wildman–Crippen LogP) is 4.19. The molecule has 36 heavy (non-hydrogen) atoms. The van der Waals surface area contributed by atoms with Crippen LogP contribution >= 0.6 is 0 Å². The molecule has 1 unspecified atom stereocenters. The van der Waals surface area contributed by atoms with E-state index < -0.39 is 5.91 Å². The van der Waals surface area contributed by atoms with E-state index in [9.17, 15) is 14.9 Å². The summed E-state index contributed by atoms with van der Waals surface area (Å²) in [5, 5.41) is 12.1. The second-order valence-electron chi connectivity index (χ2n) is 8.83. The van der Waals surface area contributed by atoms with E-state index in [1.807, 2.05) is 34.6 Å². The van der Waals surface area contributed by atoms with Crippen molar-refractivity contribution in [3.05, 3.63) is 83.3 Å². The van der Waals surface area contributed by atoms with Gasteiger partial charge in [0.05, 0.1) is 23.2 Å². The minimum atomic E-state index is -0.393. The Morgan fingerprint density at radius 2 is 1.83 bits per heavy atom. The quantitative estimate of drug-likeness (QED) is 0.459. The third-order valence-electron chi connectivity index (χ3n) is 6.48. The number of piperidine rings is 1. The van der Waals surface area contributed by atoms with Gasteiger partial charge in [-0.25, -0.2) is 9.97 Å².